The lowest BCUT2D eigenvalue weighted by Crippen LogP contribution is -2.42. The summed E-state index contributed by atoms with van der Waals surface area (Å²) in [4.78, 5) is 26.7. The van der Waals surface area contributed by atoms with Gasteiger partial charge in [-0.15, -0.1) is 0 Å². The van der Waals surface area contributed by atoms with Gasteiger partial charge in [0.1, 0.15) is 11.5 Å². The van der Waals surface area contributed by atoms with Gasteiger partial charge in [0.25, 0.3) is 0 Å². The van der Waals surface area contributed by atoms with E-state index in [9.17, 15) is 9.59 Å². The van der Waals surface area contributed by atoms with Gasteiger partial charge in [-0.2, -0.15) is 0 Å². The third-order valence-electron chi connectivity index (χ3n) is 4.50. The maximum atomic E-state index is 12.5. The molecule has 0 radical (unpaired) electrons. The summed E-state index contributed by atoms with van der Waals surface area (Å²) in [5.41, 5.74) is 0.471. The van der Waals surface area contributed by atoms with Crippen LogP contribution < -0.4 is 14.8 Å². The van der Waals surface area contributed by atoms with E-state index >= 15 is 0 Å². The van der Waals surface area contributed by atoms with Crippen molar-refractivity contribution in [1.29, 1.82) is 0 Å². The lowest BCUT2D eigenvalue weighted by Gasteiger charge is -2.27. The number of amides is 2. The third kappa shape index (κ3) is 3.82. The molecule has 1 aliphatic heterocycles. The van der Waals surface area contributed by atoms with E-state index in [0.29, 0.717) is 54.9 Å². The van der Waals surface area contributed by atoms with Crippen LogP contribution in [0.5, 0.6) is 11.5 Å². The molecule has 25 heavy (non-hydrogen) atoms. The molecule has 0 spiro atoms. The summed E-state index contributed by atoms with van der Waals surface area (Å²) in [6.07, 6.45) is 0.565. The van der Waals surface area contributed by atoms with E-state index in [1.165, 1.54) is 14.2 Å². The molecule has 1 aromatic carbocycles. The molecule has 1 saturated heterocycles. The van der Waals surface area contributed by atoms with Crippen molar-refractivity contribution in [3.8, 4) is 11.5 Å². The highest BCUT2D eigenvalue weighted by Crippen LogP contribution is 2.42. The molecule has 1 heterocycles. The van der Waals surface area contributed by atoms with Gasteiger partial charge in [-0.05, 0) is 6.42 Å². The zero-order chi connectivity index (χ0) is 18.0. The van der Waals surface area contributed by atoms with Crippen molar-refractivity contribution in [1.82, 2.24) is 4.90 Å². The fraction of sp³-hybridized carbons (Fsp3) is 0.529. The highest BCUT2D eigenvalue weighted by molar-refractivity contribution is 6.32. The van der Waals surface area contributed by atoms with Gasteiger partial charge >= 0.3 is 0 Å². The van der Waals surface area contributed by atoms with Gasteiger partial charge in [0.15, 0.2) is 0 Å². The molecular weight excluding hydrogens is 348 g/mol. The summed E-state index contributed by atoms with van der Waals surface area (Å²) in [6.45, 7) is 2.28. The van der Waals surface area contributed by atoms with Crippen LogP contribution in [-0.4, -0.2) is 57.2 Å². The number of morpholine rings is 1. The SMILES string of the molecule is COc1cc(NC(=O)C2CC2C(=O)N2CCOCC2)c(OC)cc1Cl. The number of hydrogen-bond acceptors (Lipinski definition) is 5. The number of anilines is 1. The molecule has 8 heteroatoms. The number of benzene rings is 1. The Bertz CT molecular complexity index is 675. The van der Waals surface area contributed by atoms with E-state index in [-0.39, 0.29) is 23.7 Å². The molecule has 3 rings (SSSR count). The van der Waals surface area contributed by atoms with Crippen LogP contribution in [0.15, 0.2) is 12.1 Å². The second kappa shape index (κ2) is 7.49. The Kier molecular flexibility index (Phi) is 5.34. The van der Waals surface area contributed by atoms with E-state index in [1.54, 1.807) is 17.0 Å². The number of methoxy groups -OCH3 is 2. The van der Waals surface area contributed by atoms with Crippen LogP contribution in [0.4, 0.5) is 5.69 Å². The Morgan fingerprint density at radius 3 is 2.48 bits per heavy atom. The van der Waals surface area contributed by atoms with Gasteiger partial charge in [0.2, 0.25) is 11.8 Å². The Morgan fingerprint density at radius 2 is 1.84 bits per heavy atom. The monoisotopic (exact) mass is 368 g/mol. The zero-order valence-corrected chi connectivity index (χ0v) is 15.0. The summed E-state index contributed by atoms with van der Waals surface area (Å²) in [5, 5.41) is 3.21. The van der Waals surface area contributed by atoms with Crippen molar-refractivity contribution >= 4 is 29.1 Å². The van der Waals surface area contributed by atoms with Crippen LogP contribution >= 0.6 is 11.6 Å². The number of halogens is 1. The first-order valence-corrected chi connectivity index (χ1v) is 8.52. The standard InChI is InChI=1S/C17H21ClN2O5/c1-23-14-9-13(15(24-2)8-12(14)18)19-16(21)10-7-11(10)17(22)20-3-5-25-6-4-20/h8-11H,3-7H2,1-2H3,(H,19,21). The molecule has 0 bridgehead atoms. The minimum Gasteiger partial charge on any atom is -0.495 e. The molecule has 2 atom stereocenters. The second-order valence-corrected chi connectivity index (χ2v) is 6.47. The largest absolute Gasteiger partial charge is 0.495 e. The van der Waals surface area contributed by atoms with Crippen LogP contribution in [0.1, 0.15) is 6.42 Å². The second-order valence-electron chi connectivity index (χ2n) is 6.06. The van der Waals surface area contributed by atoms with Gasteiger partial charge in [-0.3, -0.25) is 9.59 Å². The molecule has 1 aromatic rings. The number of ether oxygens (including phenoxy) is 3. The number of nitrogens with zero attached hydrogens (tertiary/aromatic N) is 1. The van der Waals surface area contributed by atoms with Crippen molar-refractivity contribution in [2.75, 3.05) is 45.8 Å². The molecule has 2 unspecified atom stereocenters. The quantitative estimate of drug-likeness (QED) is 0.857. The van der Waals surface area contributed by atoms with Crippen molar-refractivity contribution in [2.45, 2.75) is 6.42 Å². The highest BCUT2D eigenvalue weighted by Gasteiger charge is 2.49. The molecule has 136 valence electrons. The first-order valence-electron chi connectivity index (χ1n) is 8.14. The van der Waals surface area contributed by atoms with Crippen molar-refractivity contribution in [3.05, 3.63) is 17.2 Å². The Morgan fingerprint density at radius 1 is 1.16 bits per heavy atom. The van der Waals surface area contributed by atoms with Crippen molar-refractivity contribution in [3.63, 3.8) is 0 Å². The van der Waals surface area contributed by atoms with E-state index in [1.807, 2.05) is 0 Å². The number of rotatable bonds is 5. The molecule has 2 fully saturated rings. The zero-order valence-electron chi connectivity index (χ0n) is 14.2. The molecule has 1 aliphatic carbocycles. The van der Waals surface area contributed by atoms with Gasteiger partial charge in [0.05, 0.1) is 50.0 Å². The number of hydrogen-bond donors (Lipinski definition) is 1. The Balaban J connectivity index is 1.64. The first kappa shape index (κ1) is 17.8. The van der Waals surface area contributed by atoms with Crippen LogP contribution in [-0.2, 0) is 14.3 Å². The number of carbonyl (C=O) groups excluding carboxylic acids is 2. The normalized spacial score (nSPS) is 22.3. The summed E-state index contributed by atoms with van der Waals surface area (Å²) >= 11 is 6.06. The first-order chi connectivity index (χ1) is 12.0. The average Bonchev–Trinajstić information content (AvgIpc) is 3.43. The lowest BCUT2D eigenvalue weighted by atomic mass is 10.2. The maximum Gasteiger partial charge on any atom is 0.228 e. The predicted octanol–water partition coefficient (Wildman–Crippen LogP) is 1.79. The van der Waals surface area contributed by atoms with E-state index < -0.39 is 0 Å². The predicted molar refractivity (Wildman–Crippen MR) is 92.2 cm³/mol. The molecule has 2 aliphatic rings. The van der Waals surface area contributed by atoms with Crippen molar-refractivity contribution < 1.29 is 23.8 Å². The smallest absolute Gasteiger partial charge is 0.228 e. The maximum absolute atomic E-state index is 12.5. The fourth-order valence-corrected chi connectivity index (χ4v) is 3.19. The van der Waals surface area contributed by atoms with Gasteiger partial charge in [-0.1, -0.05) is 11.6 Å². The minimum absolute atomic E-state index is 0.0316. The van der Waals surface area contributed by atoms with E-state index in [0.717, 1.165) is 0 Å². The van der Waals surface area contributed by atoms with E-state index in [4.69, 9.17) is 25.8 Å². The molecule has 1 N–H and O–H groups in total. The summed E-state index contributed by atoms with van der Waals surface area (Å²) in [7, 11) is 2.99. The number of nitrogens with one attached hydrogen (secondary N) is 1. The van der Waals surface area contributed by atoms with Crippen LogP contribution in [0, 0.1) is 11.8 Å². The lowest BCUT2D eigenvalue weighted by molar-refractivity contribution is -0.137. The minimum atomic E-state index is -0.318. The molecular formula is C17H21ClN2O5. The fourth-order valence-electron chi connectivity index (χ4n) is 2.96. The number of carbonyl (C=O) groups is 2. The third-order valence-corrected chi connectivity index (χ3v) is 4.79. The summed E-state index contributed by atoms with van der Waals surface area (Å²) in [6, 6.07) is 3.19. The summed E-state index contributed by atoms with van der Waals surface area (Å²) < 4.78 is 15.7. The van der Waals surface area contributed by atoms with Crippen LogP contribution in [0.25, 0.3) is 0 Å². The van der Waals surface area contributed by atoms with E-state index in [2.05, 4.69) is 5.32 Å². The molecule has 0 aromatic heterocycles. The Hall–Kier alpha value is -1.99. The highest BCUT2D eigenvalue weighted by atomic mass is 35.5. The van der Waals surface area contributed by atoms with Gasteiger partial charge < -0.3 is 24.4 Å². The average molecular weight is 369 g/mol. The topological polar surface area (TPSA) is 77.1 Å². The molecule has 1 saturated carbocycles. The summed E-state index contributed by atoms with van der Waals surface area (Å²) in [5.74, 6) is 0.142. The van der Waals surface area contributed by atoms with Crippen LogP contribution in [0.3, 0.4) is 0 Å². The van der Waals surface area contributed by atoms with Crippen molar-refractivity contribution in [2.24, 2.45) is 11.8 Å². The van der Waals surface area contributed by atoms with Gasteiger partial charge in [-0.25, -0.2) is 0 Å². The Labute approximate surface area is 151 Å². The molecule has 7 nitrogen and oxygen atoms in total. The van der Waals surface area contributed by atoms with Gasteiger partial charge in [0, 0.05) is 25.2 Å². The molecule has 2 amide bonds. The van der Waals surface area contributed by atoms with Crippen LogP contribution in [0.2, 0.25) is 5.02 Å².